The topological polar surface area (TPSA) is 72.3 Å². The van der Waals surface area contributed by atoms with Crippen LogP contribution in [0.1, 0.15) is 36.0 Å². The minimum atomic E-state index is -1.82. The van der Waals surface area contributed by atoms with E-state index in [1.807, 2.05) is 48.8 Å². The lowest BCUT2D eigenvalue weighted by molar-refractivity contribution is -0.915. The van der Waals surface area contributed by atoms with Crippen molar-refractivity contribution in [3.63, 3.8) is 0 Å². The molecule has 0 unspecified atom stereocenters. The van der Waals surface area contributed by atoms with Crippen molar-refractivity contribution < 1.29 is 19.1 Å². The summed E-state index contributed by atoms with van der Waals surface area (Å²) in [6.45, 7) is 2.95. The molecule has 0 amide bonds. The minimum Gasteiger partial charge on any atom is -0.459 e. The maximum Gasteiger partial charge on any atom is 0.347 e. The third-order valence-electron chi connectivity index (χ3n) is 6.71. The Kier molecular flexibility index (Phi) is 7.16. The first-order valence-corrected chi connectivity index (χ1v) is 11.6. The van der Waals surface area contributed by atoms with Crippen molar-refractivity contribution in [1.29, 1.82) is 0 Å². The van der Waals surface area contributed by atoms with Gasteiger partial charge in [0.2, 0.25) is 5.60 Å². The molecule has 6 nitrogen and oxygen atoms in total. The molecule has 172 valence electrons. The third-order valence-corrected chi connectivity index (χ3v) is 6.71. The molecule has 6 heteroatoms. The molecule has 0 radical (unpaired) electrons. The number of benzene rings is 2. The van der Waals surface area contributed by atoms with Crippen LogP contribution in [0.3, 0.4) is 0 Å². The molecule has 33 heavy (non-hydrogen) atoms. The number of carbonyl (C=O) groups excluding carboxylic acids is 1. The Morgan fingerprint density at radius 2 is 1.55 bits per heavy atom. The number of esters is 1. The van der Waals surface area contributed by atoms with Crippen LogP contribution in [-0.2, 0) is 21.6 Å². The Hall–Kier alpha value is -3.09. The summed E-state index contributed by atoms with van der Waals surface area (Å²) in [6, 6.07) is 18.1. The highest BCUT2D eigenvalue weighted by molar-refractivity contribution is 5.85. The highest BCUT2D eigenvalue weighted by atomic mass is 16.6. The van der Waals surface area contributed by atoms with Crippen LogP contribution >= 0.6 is 0 Å². The van der Waals surface area contributed by atoms with Gasteiger partial charge in [-0.2, -0.15) is 0 Å². The van der Waals surface area contributed by atoms with Crippen LogP contribution in [0.2, 0.25) is 0 Å². The summed E-state index contributed by atoms with van der Waals surface area (Å²) in [5, 5.41) is 11.6. The summed E-state index contributed by atoms with van der Waals surface area (Å²) in [5.74, 6) is -0.606. The van der Waals surface area contributed by atoms with Crippen molar-refractivity contribution in [3.05, 3.63) is 96.1 Å². The lowest BCUT2D eigenvalue weighted by Crippen LogP contribution is -2.52. The summed E-state index contributed by atoms with van der Waals surface area (Å²) in [6.07, 6.45) is 8.72. The molecule has 0 aliphatic carbocycles. The minimum absolute atomic E-state index is 0.190. The molecule has 1 aliphatic heterocycles. The zero-order valence-electron chi connectivity index (χ0n) is 19.1. The molecule has 1 aromatic heterocycles. The van der Waals surface area contributed by atoms with E-state index in [4.69, 9.17) is 4.74 Å². The molecule has 1 N–H and O–H groups in total. The maximum absolute atomic E-state index is 13.3. The van der Waals surface area contributed by atoms with E-state index in [-0.39, 0.29) is 6.10 Å². The van der Waals surface area contributed by atoms with Crippen LogP contribution in [0.25, 0.3) is 0 Å². The number of nitrogens with zero attached hydrogens (tertiary/aromatic N) is 3. The standard InChI is InChI=1S/C27H32N3O3/c1-30(16-8-9-22-19-28-21-29-20-22)17-14-25(15-18-30)33-26(31)27(32,23-10-4-2-5-11-23)24-12-6-3-7-13-24/h2-7,10-13,19-21,25,32H,8-9,14-18H2,1H3/q+1. The van der Waals surface area contributed by atoms with Crippen LogP contribution in [0.15, 0.2) is 79.4 Å². The molecule has 1 fully saturated rings. The van der Waals surface area contributed by atoms with Crippen molar-refractivity contribution in [2.24, 2.45) is 0 Å². The van der Waals surface area contributed by atoms with Crippen molar-refractivity contribution in [2.45, 2.75) is 37.4 Å². The van der Waals surface area contributed by atoms with Gasteiger partial charge in [0.1, 0.15) is 12.4 Å². The quantitative estimate of drug-likeness (QED) is 0.424. The number of rotatable bonds is 8. The van der Waals surface area contributed by atoms with Gasteiger partial charge in [0.05, 0.1) is 26.7 Å². The Balaban J connectivity index is 1.37. The van der Waals surface area contributed by atoms with Crippen molar-refractivity contribution in [2.75, 3.05) is 26.7 Å². The summed E-state index contributed by atoms with van der Waals surface area (Å²) >= 11 is 0. The van der Waals surface area contributed by atoms with Gasteiger partial charge in [-0.1, -0.05) is 60.7 Å². The number of piperidine rings is 1. The Morgan fingerprint density at radius 3 is 2.09 bits per heavy atom. The smallest absolute Gasteiger partial charge is 0.347 e. The Labute approximate surface area is 195 Å². The fraction of sp³-hybridized carbons (Fsp3) is 0.370. The van der Waals surface area contributed by atoms with E-state index in [1.165, 1.54) is 0 Å². The second-order valence-electron chi connectivity index (χ2n) is 9.19. The molecule has 0 atom stereocenters. The average Bonchev–Trinajstić information content (AvgIpc) is 2.87. The van der Waals surface area contributed by atoms with Gasteiger partial charge in [0.15, 0.2) is 0 Å². The van der Waals surface area contributed by atoms with E-state index >= 15 is 0 Å². The van der Waals surface area contributed by atoms with E-state index in [9.17, 15) is 9.90 Å². The molecular formula is C27H32N3O3+. The summed E-state index contributed by atoms with van der Waals surface area (Å²) in [5.41, 5.74) is 0.370. The van der Waals surface area contributed by atoms with Crippen molar-refractivity contribution in [3.8, 4) is 0 Å². The predicted octanol–water partition coefficient (Wildman–Crippen LogP) is 3.50. The normalized spacial score (nSPS) is 20.8. The second-order valence-corrected chi connectivity index (χ2v) is 9.19. The Bertz CT molecular complexity index is 981. The third kappa shape index (κ3) is 5.46. The number of carbonyl (C=O) groups is 1. The number of hydrogen-bond donors (Lipinski definition) is 1. The maximum atomic E-state index is 13.3. The fourth-order valence-electron chi connectivity index (χ4n) is 4.63. The lowest BCUT2D eigenvalue weighted by Gasteiger charge is -2.41. The number of quaternary nitrogens is 1. The van der Waals surface area contributed by atoms with Gasteiger partial charge in [-0.15, -0.1) is 0 Å². The van der Waals surface area contributed by atoms with E-state index in [0.717, 1.165) is 55.4 Å². The zero-order chi connectivity index (χ0) is 23.2. The molecular weight excluding hydrogens is 414 g/mol. The van der Waals surface area contributed by atoms with Crippen LogP contribution in [-0.4, -0.2) is 58.3 Å². The number of likely N-dealkylation sites (tertiary alicyclic amines) is 1. The van der Waals surface area contributed by atoms with Crippen LogP contribution in [0.4, 0.5) is 0 Å². The highest BCUT2D eigenvalue weighted by Crippen LogP contribution is 2.32. The predicted molar refractivity (Wildman–Crippen MR) is 126 cm³/mol. The van der Waals surface area contributed by atoms with Gasteiger partial charge in [0, 0.05) is 31.7 Å². The number of aryl methyl sites for hydroxylation is 1. The van der Waals surface area contributed by atoms with Gasteiger partial charge in [0.25, 0.3) is 0 Å². The van der Waals surface area contributed by atoms with Gasteiger partial charge in [-0.3, -0.25) is 0 Å². The summed E-state index contributed by atoms with van der Waals surface area (Å²) in [7, 11) is 2.27. The first-order valence-electron chi connectivity index (χ1n) is 11.6. The average molecular weight is 447 g/mol. The van der Waals surface area contributed by atoms with Crippen LogP contribution < -0.4 is 0 Å². The SMILES string of the molecule is C[N+]1(CCCc2cncnc2)CCC(OC(=O)C(O)(c2ccccc2)c2ccccc2)CC1. The van der Waals surface area contributed by atoms with Crippen molar-refractivity contribution >= 4 is 5.97 Å². The number of hydrogen-bond acceptors (Lipinski definition) is 5. The van der Waals surface area contributed by atoms with Gasteiger partial charge >= 0.3 is 5.97 Å². The van der Waals surface area contributed by atoms with E-state index in [1.54, 1.807) is 30.6 Å². The lowest BCUT2D eigenvalue weighted by atomic mass is 9.86. The summed E-state index contributed by atoms with van der Waals surface area (Å²) in [4.78, 5) is 21.5. The second kappa shape index (κ2) is 10.2. The van der Waals surface area contributed by atoms with Crippen molar-refractivity contribution in [1.82, 2.24) is 9.97 Å². The largest absolute Gasteiger partial charge is 0.459 e. The first kappa shape index (κ1) is 23.1. The number of aromatic nitrogens is 2. The van der Waals surface area contributed by atoms with E-state index in [2.05, 4.69) is 17.0 Å². The molecule has 1 aliphatic rings. The molecule has 2 aromatic carbocycles. The zero-order valence-corrected chi connectivity index (χ0v) is 19.1. The van der Waals surface area contributed by atoms with Crippen LogP contribution in [0.5, 0.6) is 0 Å². The molecule has 1 saturated heterocycles. The summed E-state index contributed by atoms with van der Waals surface area (Å²) < 4.78 is 6.88. The van der Waals surface area contributed by atoms with Gasteiger partial charge < -0.3 is 14.3 Å². The monoisotopic (exact) mass is 446 g/mol. The van der Waals surface area contributed by atoms with E-state index in [0.29, 0.717) is 11.1 Å². The van der Waals surface area contributed by atoms with Gasteiger partial charge in [-0.05, 0) is 23.1 Å². The molecule has 0 saturated carbocycles. The molecule has 2 heterocycles. The molecule has 0 bridgehead atoms. The Morgan fingerprint density at radius 1 is 1.00 bits per heavy atom. The highest BCUT2D eigenvalue weighted by Gasteiger charge is 2.43. The fourth-order valence-corrected chi connectivity index (χ4v) is 4.63. The molecule has 3 aromatic rings. The molecule has 4 rings (SSSR count). The number of aliphatic hydroxyl groups is 1. The first-order chi connectivity index (χ1) is 16.0. The van der Waals surface area contributed by atoms with E-state index < -0.39 is 11.6 Å². The van der Waals surface area contributed by atoms with Crippen LogP contribution in [0, 0.1) is 0 Å². The van der Waals surface area contributed by atoms with Gasteiger partial charge in [-0.25, -0.2) is 14.8 Å². The molecule has 0 spiro atoms. The number of ether oxygens (including phenoxy) is 1.